The van der Waals surface area contributed by atoms with Gasteiger partial charge >= 0.3 is 7.12 Å². The molecule has 0 radical (unpaired) electrons. The summed E-state index contributed by atoms with van der Waals surface area (Å²) in [4.78, 5) is 16.6. The lowest BCUT2D eigenvalue weighted by molar-refractivity contribution is -0.115. The van der Waals surface area contributed by atoms with Crippen LogP contribution in [0.15, 0.2) is 48.7 Å². The minimum absolute atomic E-state index is 0.123. The lowest BCUT2D eigenvalue weighted by Gasteiger charge is -2.32. The average molecular weight is 338 g/mol. The second kappa shape index (κ2) is 6.62. The number of pyridine rings is 1. The fraction of sp³-hybridized carbons (Fsp3) is 0.368. The number of hydrogen-bond donors (Lipinski definition) is 1. The first-order valence-electron chi connectivity index (χ1n) is 8.43. The van der Waals surface area contributed by atoms with Gasteiger partial charge in [0.05, 0.1) is 17.6 Å². The van der Waals surface area contributed by atoms with E-state index >= 15 is 0 Å². The van der Waals surface area contributed by atoms with Gasteiger partial charge in [0.25, 0.3) is 0 Å². The number of carbonyl (C=O) groups excluding carboxylic acids is 1. The second-order valence-electron chi connectivity index (χ2n) is 7.22. The Kier molecular flexibility index (Phi) is 4.67. The van der Waals surface area contributed by atoms with E-state index in [0.717, 1.165) is 11.2 Å². The number of carbonyl (C=O) groups is 1. The highest BCUT2D eigenvalue weighted by molar-refractivity contribution is 6.64. The van der Waals surface area contributed by atoms with Crippen molar-refractivity contribution in [3.63, 3.8) is 0 Å². The number of para-hydroxylation sites is 1. The topological polar surface area (TPSA) is 60.5 Å². The highest BCUT2D eigenvalue weighted by Crippen LogP contribution is 2.36. The third-order valence-electron chi connectivity index (χ3n) is 4.81. The van der Waals surface area contributed by atoms with E-state index in [1.54, 1.807) is 6.20 Å². The number of benzene rings is 1. The standard InChI is InChI=1S/C19H23BN2O3/c1-18(2)19(3,4)25-20(24-18)15-10-5-6-11-16(15)22-17(23)13-14-9-7-8-12-21-14/h5-12H,13H2,1-4H3,(H,22,23). The van der Waals surface area contributed by atoms with Crippen molar-refractivity contribution < 1.29 is 14.1 Å². The van der Waals surface area contributed by atoms with Gasteiger partial charge in [0.15, 0.2) is 0 Å². The van der Waals surface area contributed by atoms with Gasteiger partial charge in [-0.05, 0) is 45.9 Å². The maximum Gasteiger partial charge on any atom is 0.496 e. The van der Waals surface area contributed by atoms with Crippen LogP contribution in [0.5, 0.6) is 0 Å². The summed E-state index contributed by atoms with van der Waals surface area (Å²) in [6.07, 6.45) is 1.90. The second-order valence-corrected chi connectivity index (χ2v) is 7.22. The molecule has 25 heavy (non-hydrogen) atoms. The van der Waals surface area contributed by atoms with E-state index in [-0.39, 0.29) is 12.3 Å². The van der Waals surface area contributed by atoms with Crippen molar-refractivity contribution >= 4 is 24.2 Å². The fourth-order valence-electron chi connectivity index (χ4n) is 2.65. The predicted octanol–water partition coefficient (Wildman–Crippen LogP) is 2.56. The van der Waals surface area contributed by atoms with Gasteiger partial charge in [-0.25, -0.2) is 0 Å². The summed E-state index contributed by atoms with van der Waals surface area (Å²) in [6, 6.07) is 13.1. The zero-order chi connectivity index (χ0) is 18.1. The largest absolute Gasteiger partial charge is 0.496 e. The Labute approximate surface area is 148 Å². The number of nitrogens with one attached hydrogen (secondary N) is 1. The van der Waals surface area contributed by atoms with Crippen LogP contribution >= 0.6 is 0 Å². The molecule has 1 aliphatic rings. The number of nitrogens with zero attached hydrogens (tertiary/aromatic N) is 1. The highest BCUT2D eigenvalue weighted by atomic mass is 16.7. The third-order valence-corrected chi connectivity index (χ3v) is 4.81. The Hall–Kier alpha value is -2.18. The minimum Gasteiger partial charge on any atom is -0.399 e. The van der Waals surface area contributed by atoms with Crippen LogP contribution < -0.4 is 10.8 Å². The summed E-state index contributed by atoms with van der Waals surface area (Å²) >= 11 is 0. The molecule has 1 aromatic carbocycles. The number of aromatic nitrogens is 1. The van der Waals surface area contributed by atoms with Crippen LogP contribution in [-0.4, -0.2) is 29.2 Å². The Morgan fingerprint density at radius 1 is 1.04 bits per heavy atom. The molecule has 6 heteroatoms. The van der Waals surface area contributed by atoms with E-state index in [0.29, 0.717) is 5.69 Å². The summed E-state index contributed by atoms with van der Waals surface area (Å²) < 4.78 is 12.2. The summed E-state index contributed by atoms with van der Waals surface area (Å²) in [7, 11) is -0.517. The Balaban J connectivity index is 1.77. The van der Waals surface area contributed by atoms with Gasteiger partial charge < -0.3 is 14.6 Å². The average Bonchev–Trinajstić information content (AvgIpc) is 2.76. The maximum atomic E-state index is 12.4. The monoisotopic (exact) mass is 338 g/mol. The molecule has 5 nitrogen and oxygen atoms in total. The van der Waals surface area contributed by atoms with Crippen LogP contribution in [0.3, 0.4) is 0 Å². The molecule has 0 unspecified atom stereocenters. The Morgan fingerprint density at radius 2 is 1.68 bits per heavy atom. The van der Waals surface area contributed by atoms with Crippen molar-refractivity contribution in [3.05, 3.63) is 54.4 Å². The van der Waals surface area contributed by atoms with Crippen molar-refractivity contribution in [3.8, 4) is 0 Å². The van der Waals surface area contributed by atoms with E-state index in [9.17, 15) is 4.79 Å². The van der Waals surface area contributed by atoms with Gasteiger partial charge in [0.2, 0.25) is 5.91 Å². The molecule has 1 amide bonds. The van der Waals surface area contributed by atoms with E-state index in [4.69, 9.17) is 9.31 Å². The van der Waals surface area contributed by atoms with Crippen molar-refractivity contribution in [1.82, 2.24) is 4.98 Å². The molecule has 1 fully saturated rings. The van der Waals surface area contributed by atoms with Gasteiger partial charge in [0, 0.05) is 23.0 Å². The number of rotatable bonds is 4. The highest BCUT2D eigenvalue weighted by Gasteiger charge is 2.52. The first-order valence-corrected chi connectivity index (χ1v) is 8.43. The van der Waals surface area contributed by atoms with Gasteiger partial charge in [-0.2, -0.15) is 0 Å². The Morgan fingerprint density at radius 3 is 2.32 bits per heavy atom. The van der Waals surface area contributed by atoms with Crippen molar-refractivity contribution in [1.29, 1.82) is 0 Å². The lowest BCUT2D eigenvalue weighted by atomic mass is 9.78. The molecule has 3 rings (SSSR count). The van der Waals surface area contributed by atoms with Crippen LogP contribution in [-0.2, 0) is 20.5 Å². The zero-order valence-corrected chi connectivity index (χ0v) is 15.1. The molecule has 1 aromatic heterocycles. The SMILES string of the molecule is CC1(C)OB(c2ccccc2NC(=O)Cc2ccccn2)OC1(C)C. The molecule has 0 saturated carbocycles. The van der Waals surface area contributed by atoms with E-state index in [1.807, 2.05) is 70.2 Å². The molecular weight excluding hydrogens is 315 g/mol. The first kappa shape index (κ1) is 17.6. The molecule has 0 atom stereocenters. The van der Waals surface area contributed by atoms with Crippen LogP contribution in [0.25, 0.3) is 0 Å². The van der Waals surface area contributed by atoms with Gasteiger partial charge in [-0.15, -0.1) is 0 Å². The molecule has 2 heterocycles. The molecule has 1 N–H and O–H groups in total. The van der Waals surface area contributed by atoms with Crippen LogP contribution in [0.1, 0.15) is 33.4 Å². The third kappa shape index (κ3) is 3.75. The number of hydrogen-bond acceptors (Lipinski definition) is 4. The van der Waals surface area contributed by atoms with Crippen molar-refractivity contribution in [2.24, 2.45) is 0 Å². The number of amides is 1. The molecule has 1 saturated heterocycles. The summed E-state index contributed by atoms with van der Waals surface area (Å²) in [5.41, 5.74) is 1.39. The van der Waals surface area contributed by atoms with Gasteiger partial charge in [-0.1, -0.05) is 24.3 Å². The van der Waals surface area contributed by atoms with Gasteiger partial charge in [-0.3, -0.25) is 9.78 Å². The van der Waals surface area contributed by atoms with Crippen molar-refractivity contribution in [2.45, 2.75) is 45.3 Å². The Bertz CT molecular complexity index is 746. The van der Waals surface area contributed by atoms with Crippen LogP contribution in [0.4, 0.5) is 5.69 Å². The maximum absolute atomic E-state index is 12.4. The van der Waals surface area contributed by atoms with Crippen LogP contribution in [0, 0.1) is 0 Å². The van der Waals surface area contributed by atoms with Crippen LogP contribution in [0.2, 0.25) is 0 Å². The molecule has 0 aliphatic carbocycles. The molecular formula is C19H23BN2O3. The molecule has 1 aliphatic heterocycles. The normalized spacial score (nSPS) is 18.2. The zero-order valence-electron chi connectivity index (χ0n) is 15.1. The summed E-state index contributed by atoms with van der Waals surface area (Å²) in [5, 5.41) is 2.95. The molecule has 2 aromatic rings. The molecule has 130 valence electrons. The van der Waals surface area contributed by atoms with E-state index in [2.05, 4.69) is 10.3 Å². The summed E-state index contributed by atoms with van der Waals surface area (Å²) in [5.74, 6) is -0.123. The predicted molar refractivity (Wildman–Crippen MR) is 98.7 cm³/mol. The van der Waals surface area contributed by atoms with Crippen molar-refractivity contribution in [2.75, 3.05) is 5.32 Å². The first-order chi connectivity index (χ1) is 11.8. The fourth-order valence-corrected chi connectivity index (χ4v) is 2.65. The summed E-state index contributed by atoms with van der Waals surface area (Å²) in [6.45, 7) is 8.04. The quantitative estimate of drug-likeness (QED) is 0.871. The smallest absolute Gasteiger partial charge is 0.399 e. The van der Waals surface area contributed by atoms with E-state index < -0.39 is 18.3 Å². The molecule has 0 spiro atoms. The number of anilines is 1. The molecule has 0 bridgehead atoms. The van der Waals surface area contributed by atoms with Gasteiger partial charge in [0.1, 0.15) is 0 Å². The van der Waals surface area contributed by atoms with E-state index in [1.165, 1.54) is 0 Å². The minimum atomic E-state index is -0.517. The lowest BCUT2D eigenvalue weighted by Crippen LogP contribution is -2.41.